The highest BCUT2D eigenvalue weighted by molar-refractivity contribution is 4.90. The molecule has 1 rings (SSSR count). The van der Waals surface area contributed by atoms with Gasteiger partial charge in [0.1, 0.15) is 0 Å². The molecule has 0 spiro atoms. The van der Waals surface area contributed by atoms with Crippen molar-refractivity contribution in [2.75, 3.05) is 6.54 Å². The van der Waals surface area contributed by atoms with Gasteiger partial charge in [-0.3, -0.25) is 0 Å². The fraction of sp³-hybridized carbons (Fsp3) is 0.909. The van der Waals surface area contributed by atoms with Crippen molar-refractivity contribution in [1.29, 1.82) is 0 Å². The van der Waals surface area contributed by atoms with Gasteiger partial charge in [0, 0.05) is 0 Å². The van der Waals surface area contributed by atoms with Crippen LogP contribution in [0.5, 0.6) is 0 Å². The largest absolute Gasteiger partial charge is 0.330 e. The van der Waals surface area contributed by atoms with Crippen LogP contribution in [0.15, 0.2) is 0 Å². The first-order valence-electron chi connectivity index (χ1n) is 5.20. The first-order chi connectivity index (χ1) is 5.67. The van der Waals surface area contributed by atoms with Gasteiger partial charge in [0.15, 0.2) is 0 Å². The molecule has 2 N–H and O–H groups in total. The van der Waals surface area contributed by atoms with E-state index in [0.717, 1.165) is 12.5 Å². The molecule has 0 amide bonds. The Morgan fingerprint density at radius 3 is 2.75 bits per heavy atom. The number of nitrogens with two attached hydrogens (primary N) is 1. The molecule has 0 aliphatic heterocycles. The van der Waals surface area contributed by atoms with Crippen molar-refractivity contribution in [3.63, 3.8) is 0 Å². The lowest BCUT2D eigenvalue weighted by Crippen LogP contribution is -2.32. The topological polar surface area (TPSA) is 26.0 Å². The molecule has 71 valence electrons. The Morgan fingerprint density at radius 1 is 1.33 bits per heavy atom. The second-order valence-corrected chi connectivity index (χ2v) is 4.67. The minimum absolute atomic E-state index is 0.324. The molecule has 1 saturated carbocycles. The van der Waals surface area contributed by atoms with Crippen molar-refractivity contribution < 1.29 is 0 Å². The summed E-state index contributed by atoms with van der Waals surface area (Å²) in [6.07, 6.45) is 9.34. The van der Waals surface area contributed by atoms with Gasteiger partial charge in [0.2, 0.25) is 0 Å². The van der Waals surface area contributed by atoms with E-state index in [1.165, 1.54) is 32.1 Å². The summed E-state index contributed by atoms with van der Waals surface area (Å²) in [4.78, 5) is 0. The second-order valence-electron chi connectivity index (χ2n) is 4.67. The Bertz CT molecular complexity index is 121. The van der Waals surface area contributed by atoms with Crippen LogP contribution in [0.3, 0.4) is 0 Å². The van der Waals surface area contributed by atoms with Gasteiger partial charge >= 0.3 is 0 Å². The summed E-state index contributed by atoms with van der Waals surface area (Å²) in [5.41, 5.74) is 6.09. The Morgan fingerprint density at radius 2 is 2.08 bits per heavy atom. The van der Waals surface area contributed by atoms with Gasteiger partial charge in [-0.15, -0.1) is 0 Å². The highest BCUT2D eigenvalue weighted by atomic mass is 14.6. The van der Waals surface area contributed by atoms with Crippen molar-refractivity contribution in [1.82, 2.24) is 0 Å². The molecule has 1 aliphatic rings. The van der Waals surface area contributed by atoms with Crippen LogP contribution in [0.4, 0.5) is 0 Å². The minimum atomic E-state index is 0.324. The zero-order valence-electron chi connectivity index (χ0n) is 8.47. The molecule has 1 radical (unpaired) electrons. The Kier molecular flexibility index (Phi) is 3.57. The molecule has 1 aliphatic carbocycles. The third-order valence-corrected chi connectivity index (χ3v) is 3.20. The molecular weight excluding hydrogens is 146 g/mol. The monoisotopic (exact) mass is 168 g/mol. The van der Waals surface area contributed by atoms with Gasteiger partial charge in [0.25, 0.3) is 0 Å². The lowest BCUT2D eigenvalue weighted by atomic mass is 9.75. The Hall–Kier alpha value is -0.0400. The van der Waals surface area contributed by atoms with Crippen molar-refractivity contribution in [2.24, 2.45) is 17.1 Å². The zero-order valence-corrected chi connectivity index (χ0v) is 8.47. The summed E-state index contributed by atoms with van der Waals surface area (Å²) in [6, 6.07) is 0. The fourth-order valence-corrected chi connectivity index (χ4v) is 1.98. The second kappa shape index (κ2) is 4.27. The maximum Gasteiger partial charge on any atom is -0.00231 e. The van der Waals surface area contributed by atoms with Crippen molar-refractivity contribution in [3.8, 4) is 0 Å². The van der Waals surface area contributed by atoms with E-state index in [-0.39, 0.29) is 0 Å². The van der Waals surface area contributed by atoms with E-state index >= 15 is 0 Å². The van der Waals surface area contributed by atoms with Gasteiger partial charge in [-0.2, -0.15) is 0 Å². The van der Waals surface area contributed by atoms with Crippen LogP contribution < -0.4 is 5.73 Å². The quantitative estimate of drug-likeness (QED) is 0.630. The maximum atomic E-state index is 5.77. The minimum Gasteiger partial charge on any atom is -0.330 e. The van der Waals surface area contributed by atoms with Gasteiger partial charge in [-0.05, 0) is 37.1 Å². The molecule has 0 bridgehead atoms. The van der Waals surface area contributed by atoms with Crippen LogP contribution in [-0.2, 0) is 0 Å². The molecule has 1 unspecified atom stereocenters. The van der Waals surface area contributed by atoms with Crippen LogP contribution in [0.25, 0.3) is 0 Å². The SMILES string of the molecule is CC(C)(CN)C1[CH]CCCCC1. The van der Waals surface area contributed by atoms with E-state index in [1.54, 1.807) is 0 Å². The average molecular weight is 168 g/mol. The first kappa shape index (κ1) is 10.0. The van der Waals surface area contributed by atoms with Crippen molar-refractivity contribution >= 4 is 0 Å². The van der Waals surface area contributed by atoms with Gasteiger partial charge in [-0.1, -0.05) is 33.1 Å². The lowest BCUT2D eigenvalue weighted by molar-refractivity contribution is 0.239. The van der Waals surface area contributed by atoms with Crippen LogP contribution in [-0.4, -0.2) is 6.54 Å². The summed E-state index contributed by atoms with van der Waals surface area (Å²) in [5.74, 6) is 0.755. The predicted molar refractivity (Wildman–Crippen MR) is 53.7 cm³/mol. The molecule has 1 nitrogen and oxygen atoms in total. The zero-order chi connectivity index (χ0) is 9.03. The van der Waals surface area contributed by atoms with Gasteiger partial charge in [0.05, 0.1) is 0 Å². The first-order valence-corrected chi connectivity index (χ1v) is 5.20. The molecule has 0 aromatic rings. The molecule has 12 heavy (non-hydrogen) atoms. The number of hydrogen-bond donors (Lipinski definition) is 1. The number of rotatable bonds is 2. The lowest BCUT2D eigenvalue weighted by Gasteiger charge is -2.32. The van der Waals surface area contributed by atoms with Crippen molar-refractivity contribution in [2.45, 2.75) is 46.0 Å². The normalized spacial score (nSPS) is 22.2. The molecular formula is C11H22N. The molecule has 0 saturated heterocycles. The molecule has 1 heteroatoms. The Balaban J connectivity index is 2.47. The third-order valence-electron chi connectivity index (χ3n) is 3.20. The van der Waals surface area contributed by atoms with Crippen LogP contribution in [0, 0.1) is 17.8 Å². The van der Waals surface area contributed by atoms with E-state index in [0.29, 0.717) is 5.41 Å². The average Bonchev–Trinajstić information content (AvgIpc) is 2.32. The molecule has 1 atom stereocenters. The van der Waals surface area contributed by atoms with E-state index in [9.17, 15) is 0 Å². The van der Waals surface area contributed by atoms with E-state index < -0.39 is 0 Å². The Labute approximate surface area is 76.7 Å². The fourth-order valence-electron chi connectivity index (χ4n) is 1.98. The van der Waals surface area contributed by atoms with E-state index in [2.05, 4.69) is 20.3 Å². The summed E-state index contributed by atoms with van der Waals surface area (Å²) in [6.45, 7) is 5.40. The number of hydrogen-bond acceptors (Lipinski definition) is 1. The molecule has 0 aromatic carbocycles. The third kappa shape index (κ3) is 2.48. The van der Waals surface area contributed by atoms with Crippen molar-refractivity contribution in [3.05, 3.63) is 6.42 Å². The summed E-state index contributed by atoms with van der Waals surface area (Å²) < 4.78 is 0. The van der Waals surface area contributed by atoms with Crippen LogP contribution >= 0.6 is 0 Å². The highest BCUT2D eigenvalue weighted by Crippen LogP contribution is 2.35. The van der Waals surface area contributed by atoms with E-state index in [1.807, 2.05) is 0 Å². The molecule has 0 aromatic heterocycles. The summed E-state index contributed by atoms with van der Waals surface area (Å²) in [7, 11) is 0. The highest BCUT2D eigenvalue weighted by Gasteiger charge is 2.28. The van der Waals surface area contributed by atoms with Crippen LogP contribution in [0.2, 0.25) is 0 Å². The smallest absolute Gasteiger partial charge is 0.00231 e. The van der Waals surface area contributed by atoms with Crippen LogP contribution in [0.1, 0.15) is 46.0 Å². The summed E-state index contributed by atoms with van der Waals surface area (Å²) >= 11 is 0. The van der Waals surface area contributed by atoms with Gasteiger partial charge < -0.3 is 5.73 Å². The standard InChI is InChI=1S/C11H22N/c1-11(2,9-12)10-7-5-3-4-6-8-10/h7,10H,3-6,8-9,12H2,1-2H3. The summed E-state index contributed by atoms with van der Waals surface area (Å²) in [5, 5.41) is 0. The van der Waals surface area contributed by atoms with E-state index in [4.69, 9.17) is 5.73 Å². The molecule has 0 heterocycles. The molecule has 1 fully saturated rings. The predicted octanol–water partition coefficient (Wildman–Crippen LogP) is 2.76. The maximum absolute atomic E-state index is 5.77. The van der Waals surface area contributed by atoms with Gasteiger partial charge in [-0.25, -0.2) is 0 Å².